The number of halogens is 1. The first-order valence-corrected chi connectivity index (χ1v) is 8.82. The molecule has 0 heterocycles. The summed E-state index contributed by atoms with van der Waals surface area (Å²) >= 11 is 3.49. The van der Waals surface area contributed by atoms with Crippen molar-refractivity contribution in [2.75, 3.05) is 5.32 Å². The van der Waals surface area contributed by atoms with Crippen molar-refractivity contribution in [2.45, 2.75) is 6.92 Å². The number of rotatable bonds is 4. The Balaban J connectivity index is 2.19. The van der Waals surface area contributed by atoms with E-state index in [-0.39, 0.29) is 5.91 Å². The van der Waals surface area contributed by atoms with Crippen LogP contribution in [0.1, 0.15) is 23.6 Å². The molecule has 0 aliphatic heterocycles. The zero-order valence-corrected chi connectivity index (χ0v) is 15.5. The number of carbonyl (C=O) groups excluding carboxylic acids is 1. The van der Waals surface area contributed by atoms with Gasteiger partial charge in [0.15, 0.2) is 0 Å². The minimum atomic E-state index is -0.0912. The highest BCUT2D eigenvalue weighted by atomic mass is 79.9. The van der Waals surface area contributed by atoms with Crippen molar-refractivity contribution in [1.29, 1.82) is 0 Å². The van der Waals surface area contributed by atoms with Crippen molar-refractivity contribution in [2.24, 2.45) is 0 Å². The molecule has 0 spiro atoms. The fourth-order valence-corrected chi connectivity index (χ4v) is 3.06. The second-order valence-electron chi connectivity index (χ2n) is 5.71. The number of carbonyl (C=O) groups is 1. The second-order valence-corrected chi connectivity index (χ2v) is 6.62. The Kier molecular flexibility index (Phi) is 5.46. The SMILES string of the molecule is CC(=O)Nc1cc(Br)ccc1/C(=C/c1ccccc1)c1ccccc1. The highest BCUT2D eigenvalue weighted by molar-refractivity contribution is 9.10. The number of nitrogens with one attached hydrogen (secondary N) is 1. The summed E-state index contributed by atoms with van der Waals surface area (Å²) in [5.74, 6) is -0.0912. The van der Waals surface area contributed by atoms with Crippen LogP contribution in [0.25, 0.3) is 11.6 Å². The third kappa shape index (κ3) is 4.46. The van der Waals surface area contributed by atoms with Gasteiger partial charge in [0.25, 0.3) is 0 Å². The summed E-state index contributed by atoms with van der Waals surface area (Å²) in [5.41, 5.74) is 5.03. The molecule has 0 saturated carbocycles. The quantitative estimate of drug-likeness (QED) is 0.543. The molecule has 3 aromatic rings. The lowest BCUT2D eigenvalue weighted by atomic mass is 9.94. The monoisotopic (exact) mass is 391 g/mol. The van der Waals surface area contributed by atoms with Gasteiger partial charge in [-0.2, -0.15) is 0 Å². The first-order valence-electron chi connectivity index (χ1n) is 8.03. The fourth-order valence-electron chi connectivity index (χ4n) is 2.69. The van der Waals surface area contributed by atoms with E-state index in [0.717, 1.165) is 32.4 Å². The minimum Gasteiger partial charge on any atom is -0.326 e. The van der Waals surface area contributed by atoms with Crippen LogP contribution in [-0.4, -0.2) is 5.91 Å². The third-order valence-electron chi connectivity index (χ3n) is 3.78. The fraction of sp³-hybridized carbons (Fsp3) is 0.0455. The van der Waals surface area contributed by atoms with Crippen LogP contribution in [-0.2, 0) is 4.79 Å². The maximum Gasteiger partial charge on any atom is 0.221 e. The lowest BCUT2D eigenvalue weighted by molar-refractivity contribution is -0.114. The molecule has 3 rings (SSSR count). The van der Waals surface area contributed by atoms with Crippen LogP contribution < -0.4 is 5.32 Å². The van der Waals surface area contributed by atoms with Crippen molar-refractivity contribution in [3.8, 4) is 0 Å². The molecular weight excluding hydrogens is 374 g/mol. The Labute approximate surface area is 156 Å². The van der Waals surface area contributed by atoms with Crippen LogP contribution >= 0.6 is 15.9 Å². The van der Waals surface area contributed by atoms with Gasteiger partial charge in [-0.05, 0) is 34.9 Å². The minimum absolute atomic E-state index is 0.0912. The zero-order valence-electron chi connectivity index (χ0n) is 13.9. The Hall–Kier alpha value is -2.65. The predicted octanol–water partition coefficient (Wildman–Crippen LogP) is 6.00. The summed E-state index contributed by atoms with van der Waals surface area (Å²) in [7, 11) is 0. The van der Waals surface area contributed by atoms with Crippen LogP contribution in [0.4, 0.5) is 5.69 Å². The van der Waals surface area contributed by atoms with Crippen LogP contribution in [0.3, 0.4) is 0 Å². The van der Waals surface area contributed by atoms with E-state index in [4.69, 9.17) is 0 Å². The lowest BCUT2D eigenvalue weighted by Crippen LogP contribution is -2.08. The first kappa shape index (κ1) is 17.2. The molecule has 3 aromatic carbocycles. The normalized spacial score (nSPS) is 11.2. The molecule has 3 heteroatoms. The number of hydrogen-bond acceptors (Lipinski definition) is 1. The van der Waals surface area contributed by atoms with E-state index >= 15 is 0 Å². The average molecular weight is 392 g/mol. The summed E-state index contributed by atoms with van der Waals surface area (Å²) in [4.78, 5) is 11.6. The van der Waals surface area contributed by atoms with Gasteiger partial charge in [-0.25, -0.2) is 0 Å². The number of amides is 1. The summed E-state index contributed by atoms with van der Waals surface area (Å²) in [6, 6.07) is 26.3. The average Bonchev–Trinajstić information content (AvgIpc) is 2.61. The predicted molar refractivity (Wildman–Crippen MR) is 108 cm³/mol. The van der Waals surface area contributed by atoms with Crippen molar-refractivity contribution in [1.82, 2.24) is 0 Å². The molecule has 1 N–H and O–H groups in total. The topological polar surface area (TPSA) is 29.1 Å². The molecule has 25 heavy (non-hydrogen) atoms. The lowest BCUT2D eigenvalue weighted by Gasteiger charge is -2.15. The van der Waals surface area contributed by atoms with Crippen molar-refractivity contribution < 1.29 is 4.79 Å². The van der Waals surface area contributed by atoms with Crippen molar-refractivity contribution >= 4 is 39.2 Å². The smallest absolute Gasteiger partial charge is 0.221 e. The molecular formula is C22H18BrNO. The third-order valence-corrected chi connectivity index (χ3v) is 4.27. The van der Waals surface area contributed by atoms with Gasteiger partial charge in [0.05, 0.1) is 0 Å². The maximum absolute atomic E-state index is 11.6. The van der Waals surface area contributed by atoms with Gasteiger partial charge in [0.1, 0.15) is 0 Å². The molecule has 0 aliphatic carbocycles. The molecule has 0 bridgehead atoms. The molecule has 0 fully saturated rings. The van der Waals surface area contributed by atoms with E-state index in [9.17, 15) is 4.79 Å². The summed E-state index contributed by atoms with van der Waals surface area (Å²) in [6.07, 6.45) is 2.14. The van der Waals surface area contributed by atoms with E-state index in [2.05, 4.69) is 51.6 Å². The molecule has 2 nitrogen and oxygen atoms in total. The van der Waals surface area contributed by atoms with E-state index < -0.39 is 0 Å². The largest absolute Gasteiger partial charge is 0.326 e. The Morgan fingerprint density at radius 1 is 0.920 bits per heavy atom. The second kappa shape index (κ2) is 7.95. The van der Waals surface area contributed by atoms with Gasteiger partial charge >= 0.3 is 0 Å². The molecule has 1 amide bonds. The van der Waals surface area contributed by atoms with E-state index in [1.165, 1.54) is 6.92 Å². The molecule has 0 atom stereocenters. The van der Waals surface area contributed by atoms with E-state index in [1.807, 2.05) is 54.6 Å². The van der Waals surface area contributed by atoms with Gasteiger partial charge < -0.3 is 5.32 Å². The van der Waals surface area contributed by atoms with Gasteiger partial charge in [-0.3, -0.25) is 4.79 Å². The Morgan fingerprint density at radius 3 is 2.20 bits per heavy atom. The highest BCUT2D eigenvalue weighted by Crippen LogP contribution is 2.33. The van der Waals surface area contributed by atoms with E-state index in [0.29, 0.717) is 0 Å². The molecule has 0 saturated heterocycles. The maximum atomic E-state index is 11.6. The van der Waals surface area contributed by atoms with E-state index in [1.54, 1.807) is 0 Å². The van der Waals surface area contributed by atoms with Crippen LogP contribution in [0.2, 0.25) is 0 Å². The van der Waals surface area contributed by atoms with Gasteiger partial charge in [0.2, 0.25) is 5.91 Å². The van der Waals surface area contributed by atoms with Crippen LogP contribution in [0, 0.1) is 0 Å². The summed E-state index contributed by atoms with van der Waals surface area (Å²) in [6.45, 7) is 1.52. The Bertz CT molecular complexity index is 902. The standard InChI is InChI=1S/C22H18BrNO/c1-16(25)24-22-15-19(23)12-13-20(22)21(18-10-6-3-7-11-18)14-17-8-4-2-5-9-17/h2-15H,1H3,(H,24,25)/b21-14+. The van der Waals surface area contributed by atoms with Crippen molar-refractivity contribution in [3.63, 3.8) is 0 Å². The van der Waals surface area contributed by atoms with Crippen LogP contribution in [0.5, 0.6) is 0 Å². The number of benzene rings is 3. The van der Waals surface area contributed by atoms with Gasteiger partial charge in [0, 0.05) is 22.6 Å². The van der Waals surface area contributed by atoms with Gasteiger partial charge in [-0.1, -0.05) is 82.7 Å². The first-order chi connectivity index (χ1) is 12.1. The van der Waals surface area contributed by atoms with Crippen molar-refractivity contribution in [3.05, 3.63) is 100 Å². The summed E-state index contributed by atoms with van der Waals surface area (Å²) < 4.78 is 0.923. The molecule has 124 valence electrons. The van der Waals surface area contributed by atoms with Crippen LogP contribution in [0.15, 0.2) is 83.3 Å². The number of hydrogen-bond donors (Lipinski definition) is 1. The summed E-state index contributed by atoms with van der Waals surface area (Å²) in [5, 5.41) is 2.94. The highest BCUT2D eigenvalue weighted by Gasteiger charge is 2.12. The number of anilines is 1. The molecule has 0 unspecified atom stereocenters. The zero-order chi connectivity index (χ0) is 17.6. The molecule has 0 radical (unpaired) electrons. The molecule has 0 aromatic heterocycles. The van der Waals surface area contributed by atoms with Gasteiger partial charge in [-0.15, -0.1) is 0 Å². The Morgan fingerprint density at radius 2 is 1.56 bits per heavy atom. The molecule has 0 aliphatic rings.